The summed E-state index contributed by atoms with van der Waals surface area (Å²) in [6, 6.07) is 18.3. The van der Waals surface area contributed by atoms with E-state index in [-0.39, 0.29) is 11.6 Å². The quantitative estimate of drug-likeness (QED) is 0.397. The highest BCUT2D eigenvalue weighted by Gasteiger charge is 2.24. The lowest BCUT2D eigenvalue weighted by Gasteiger charge is -1.98. The molecule has 0 N–H and O–H groups in total. The molecule has 0 radical (unpaired) electrons. The van der Waals surface area contributed by atoms with Crippen molar-refractivity contribution in [2.45, 2.75) is 0 Å². The number of furan rings is 1. The van der Waals surface area contributed by atoms with E-state index in [1.165, 1.54) is 0 Å². The number of carbonyl (C=O) groups is 1. The number of aliphatic imine (C=N–C) groups is 1. The van der Waals surface area contributed by atoms with Gasteiger partial charge in [0.1, 0.15) is 11.5 Å². The second-order valence-electron chi connectivity index (χ2n) is 5.55. The van der Waals surface area contributed by atoms with Crippen LogP contribution in [0.2, 0.25) is 5.02 Å². The van der Waals surface area contributed by atoms with Crippen LogP contribution in [0.1, 0.15) is 11.3 Å². The summed E-state index contributed by atoms with van der Waals surface area (Å²) in [5.41, 5.74) is 1.81. The van der Waals surface area contributed by atoms with Crippen LogP contribution in [-0.4, -0.2) is 11.9 Å². The molecule has 2 aromatic carbocycles. The molecule has 1 aliphatic heterocycles. The van der Waals surface area contributed by atoms with Crippen LogP contribution in [-0.2, 0) is 9.53 Å². The molecule has 0 amide bonds. The third kappa shape index (κ3) is 3.49. The Morgan fingerprint density at radius 1 is 0.923 bits per heavy atom. The SMILES string of the molecule is O=C1OC(c2ccc(Cl)cc2)=NC1=Cc1ccc(-c2ccc(Br)cc2)o1. The minimum atomic E-state index is -0.517. The Morgan fingerprint density at radius 2 is 1.62 bits per heavy atom. The van der Waals surface area contributed by atoms with Crippen molar-refractivity contribution in [3.8, 4) is 11.3 Å². The monoisotopic (exact) mass is 427 g/mol. The van der Waals surface area contributed by atoms with E-state index in [4.69, 9.17) is 20.8 Å². The van der Waals surface area contributed by atoms with Gasteiger partial charge in [0.2, 0.25) is 5.90 Å². The van der Waals surface area contributed by atoms with Gasteiger partial charge in [-0.15, -0.1) is 0 Å². The standard InChI is InChI=1S/C20H11BrClNO3/c21-14-5-1-12(2-6-14)18-10-9-16(25-18)11-17-20(24)26-19(23-17)13-3-7-15(22)8-4-13/h1-11H. The molecule has 0 spiro atoms. The van der Waals surface area contributed by atoms with Crippen molar-refractivity contribution in [2.75, 3.05) is 0 Å². The predicted octanol–water partition coefficient (Wildman–Crippen LogP) is 5.71. The van der Waals surface area contributed by atoms with Gasteiger partial charge in [0.25, 0.3) is 0 Å². The van der Waals surface area contributed by atoms with Crippen LogP contribution in [0.15, 0.2) is 80.2 Å². The van der Waals surface area contributed by atoms with Gasteiger partial charge in [0.15, 0.2) is 5.70 Å². The van der Waals surface area contributed by atoms with E-state index in [0.29, 0.717) is 22.1 Å². The minimum absolute atomic E-state index is 0.187. The molecule has 128 valence electrons. The molecule has 4 rings (SSSR count). The lowest BCUT2D eigenvalue weighted by Crippen LogP contribution is -2.05. The fourth-order valence-corrected chi connectivity index (χ4v) is 2.85. The summed E-state index contributed by atoms with van der Waals surface area (Å²) in [5.74, 6) is 0.961. The molecule has 0 fully saturated rings. The Balaban J connectivity index is 1.61. The molecule has 0 saturated carbocycles. The van der Waals surface area contributed by atoms with Crippen LogP contribution < -0.4 is 0 Å². The van der Waals surface area contributed by atoms with Crippen LogP contribution >= 0.6 is 27.5 Å². The first-order valence-corrected chi connectivity index (χ1v) is 8.90. The van der Waals surface area contributed by atoms with Crippen molar-refractivity contribution in [1.29, 1.82) is 0 Å². The van der Waals surface area contributed by atoms with Crippen LogP contribution in [0.25, 0.3) is 17.4 Å². The van der Waals surface area contributed by atoms with Crippen LogP contribution in [0.5, 0.6) is 0 Å². The summed E-state index contributed by atoms with van der Waals surface area (Å²) in [5, 5.41) is 0.602. The lowest BCUT2D eigenvalue weighted by atomic mass is 10.2. The first-order chi connectivity index (χ1) is 12.6. The molecule has 6 heteroatoms. The van der Waals surface area contributed by atoms with Crippen molar-refractivity contribution < 1.29 is 13.9 Å². The topological polar surface area (TPSA) is 51.8 Å². The number of rotatable bonds is 3. The molecule has 0 unspecified atom stereocenters. The molecule has 2 heterocycles. The van der Waals surface area contributed by atoms with Crippen LogP contribution in [0.3, 0.4) is 0 Å². The highest BCUT2D eigenvalue weighted by Crippen LogP contribution is 2.26. The zero-order valence-electron chi connectivity index (χ0n) is 13.3. The maximum atomic E-state index is 12.1. The number of benzene rings is 2. The average Bonchev–Trinajstić information content (AvgIpc) is 3.24. The predicted molar refractivity (Wildman–Crippen MR) is 104 cm³/mol. The van der Waals surface area contributed by atoms with Gasteiger partial charge in [-0.25, -0.2) is 9.79 Å². The summed E-state index contributed by atoms with van der Waals surface area (Å²) in [4.78, 5) is 16.3. The summed E-state index contributed by atoms with van der Waals surface area (Å²) < 4.78 is 12.0. The summed E-state index contributed by atoms with van der Waals surface area (Å²) in [7, 11) is 0. The molecule has 0 bridgehead atoms. The number of nitrogens with zero attached hydrogens (tertiary/aromatic N) is 1. The maximum Gasteiger partial charge on any atom is 0.363 e. The van der Waals surface area contributed by atoms with Gasteiger partial charge < -0.3 is 9.15 Å². The maximum absolute atomic E-state index is 12.1. The smallest absolute Gasteiger partial charge is 0.363 e. The van der Waals surface area contributed by atoms with Crippen molar-refractivity contribution >= 4 is 45.5 Å². The van der Waals surface area contributed by atoms with Crippen molar-refractivity contribution in [2.24, 2.45) is 4.99 Å². The fourth-order valence-electron chi connectivity index (χ4n) is 2.46. The van der Waals surface area contributed by atoms with Gasteiger partial charge in [-0.2, -0.15) is 0 Å². The zero-order chi connectivity index (χ0) is 18.1. The van der Waals surface area contributed by atoms with Crippen LogP contribution in [0.4, 0.5) is 0 Å². The number of hydrogen-bond acceptors (Lipinski definition) is 4. The third-order valence-corrected chi connectivity index (χ3v) is 4.53. The van der Waals surface area contributed by atoms with E-state index in [2.05, 4.69) is 20.9 Å². The van der Waals surface area contributed by atoms with Crippen molar-refractivity contribution in [3.05, 3.63) is 87.2 Å². The number of halogens is 2. The van der Waals surface area contributed by atoms with Crippen molar-refractivity contribution in [1.82, 2.24) is 0 Å². The Morgan fingerprint density at radius 3 is 2.35 bits per heavy atom. The summed E-state index contributed by atoms with van der Waals surface area (Å²) in [6.45, 7) is 0. The molecule has 4 nitrogen and oxygen atoms in total. The third-order valence-electron chi connectivity index (χ3n) is 3.75. The molecule has 0 saturated heterocycles. The molecular formula is C20H11BrClNO3. The number of esters is 1. The van der Waals surface area contributed by atoms with Gasteiger partial charge >= 0.3 is 5.97 Å². The average molecular weight is 429 g/mol. The normalized spacial score (nSPS) is 15.2. The minimum Gasteiger partial charge on any atom is -0.457 e. The highest BCUT2D eigenvalue weighted by molar-refractivity contribution is 9.10. The fraction of sp³-hybridized carbons (Fsp3) is 0. The highest BCUT2D eigenvalue weighted by atomic mass is 79.9. The van der Waals surface area contributed by atoms with E-state index >= 15 is 0 Å². The molecule has 1 aliphatic rings. The molecule has 0 atom stereocenters. The molecule has 0 aliphatic carbocycles. The van der Waals surface area contributed by atoms with E-state index in [1.54, 1.807) is 36.4 Å². The van der Waals surface area contributed by atoms with E-state index < -0.39 is 5.97 Å². The number of cyclic esters (lactones) is 1. The Labute approximate surface area is 162 Å². The van der Waals surface area contributed by atoms with Gasteiger partial charge in [-0.3, -0.25) is 0 Å². The van der Waals surface area contributed by atoms with Gasteiger partial charge in [-0.05, 0) is 48.5 Å². The van der Waals surface area contributed by atoms with E-state index in [1.807, 2.05) is 30.3 Å². The Kier molecular flexibility index (Phi) is 4.49. The molecule has 1 aromatic heterocycles. The first kappa shape index (κ1) is 16.8. The molecule has 3 aromatic rings. The second kappa shape index (κ2) is 6.94. The summed E-state index contributed by atoms with van der Waals surface area (Å²) in [6.07, 6.45) is 1.56. The van der Waals surface area contributed by atoms with Crippen LogP contribution in [0, 0.1) is 0 Å². The molecule has 26 heavy (non-hydrogen) atoms. The van der Waals surface area contributed by atoms with Gasteiger partial charge in [0.05, 0.1) is 0 Å². The number of ether oxygens (including phenoxy) is 1. The molecular weight excluding hydrogens is 418 g/mol. The van der Waals surface area contributed by atoms with E-state index in [9.17, 15) is 4.79 Å². The van der Waals surface area contributed by atoms with E-state index in [0.717, 1.165) is 10.0 Å². The Hall–Kier alpha value is -2.63. The van der Waals surface area contributed by atoms with Gasteiger partial charge in [-0.1, -0.05) is 39.7 Å². The lowest BCUT2D eigenvalue weighted by molar-refractivity contribution is -0.129. The zero-order valence-corrected chi connectivity index (χ0v) is 15.6. The van der Waals surface area contributed by atoms with Crippen molar-refractivity contribution in [3.63, 3.8) is 0 Å². The number of carbonyl (C=O) groups excluding carboxylic acids is 1. The first-order valence-electron chi connectivity index (χ1n) is 7.73. The number of hydrogen-bond donors (Lipinski definition) is 0. The Bertz CT molecular complexity index is 1030. The summed E-state index contributed by atoms with van der Waals surface area (Å²) >= 11 is 9.27. The largest absolute Gasteiger partial charge is 0.457 e. The van der Waals surface area contributed by atoms with Gasteiger partial charge in [0, 0.05) is 26.7 Å². The second-order valence-corrected chi connectivity index (χ2v) is 6.90.